The fourth-order valence-corrected chi connectivity index (χ4v) is 4.07. The van der Waals surface area contributed by atoms with Crippen molar-refractivity contribution in [2.45, 2.75) is 51.0 Å². The quantitative estimate of drug-likeness (QED) is 0.844. The van der Waals surface area contributed by atoms with E-state index in [2.05, 4.69) is 49.5 Å². The Labute approximate surface area is 111 Å². The predicted molar refractivity (Wildman–Crippen MR) is 76.7 cm³/mol. The molecule has 2 aliphatic rings. The molecular weight excluding hydrogens is 218 g/mol. The molecule has 1 aromatic carbocycles. The minimum absolute atomic E-state index is 0.453. The summed E-state index contributed by atoms with van der Waals surface area (Å²) in [5.41, 5.74) is 2.01. The highest BCUT2D eigenvalue weighted by molar-refractivity contribution is 5.29. The lowest BCUT2D eigenvalue weighted by molar-refractivity contribution is 0.261. The Morgan fingerprint density at radius 1 is 1.28 bits per heavy atom. The van der Waals surface area contributed by atoms with Crippen molar-refractivity contribution >= 4 is 0 Å². The molecule has 1 N–H and O–H groups in total. The molecule has 18 heavy (non-hydrogen) atoms. The summed E-state index contributed by atoms with van der Waals surface area (Å²) in [4.78, 5) is 0. The van der Waals surface area contributed by atoms with Crippen LogP contribution in [0.5, 0.6) is 0 Å². The average Bonchev–Trinajstić information content (AvgIpc) is 3.05. The van der Waals surface area contributed by atoms with Gasteiger partial charge in [-0.15, -0.1) is 0 Å². The summed E-state index contributed by atoms with van der Waals surface area (Å²) in [6.07, 6.45) is 5.49. The lowest BCUT2D eigenvalue weighted by Crippen LogP contribution is -2.43. The van der Waals surface area contributed by atoms with Crippen molar-refractivity contribution in [1.29, 1.82) is 0 Å². The first-order valence-corrected chi connectivity index (χ1v) is 7.51. The zero-order chi connectivity index (χ0) is 12.6. The topological polar surface area (TPSA) is 12.0 Å². The van der Waals surface area contributed by atoms with Gasteiger partial charge >= 0.3 is 0 Å². The van der Waals surface area contributed by atoms with Gasteiger partial charge < -0.3 is 5.32 Å². The SMILES string of the molecule is CC(C)CC1(C2CC2c2ccccc2)CCCN1. The molecule has 1 aliphatic heterocycles. The molecule has 3 rings (SSSR count). The van der Waals surface area contributed by atoms with E-state index in [1.165, 1.54) is 32.2 Å². The van der Waals surface area contributed by atoms with E-state index in [0.717, 1.165) is 17.8 Å². The van der Waals surface area contributed by atoms with Crippen molar-refractivity contribution in [1.82, 2.24) is 5.32 Å². The third-order valence-electron chi connectivity index (χ3n) is 4.78. The van der Waals surface area contributed by atoms with Gasteiger partial charge in [0.15, 0.2) is 0 Å². The van der Waals surface area contributed by atoms with Crippen LogP contribution in [-0.4, -0.2) is 12.1 Å². The summed E-state index contributed by atoms with van der Waals surface area (Å²) in [5, 5.41) is 3.86. The van der Waals surface area contributed by atoms with Gasteiger partial charge in [-0.1, -0.05) is 44.2 Å². The average molecular weight is 243 g/mol. The number of benzene rings is 1. The van der Waals surface area contributed by atoms with Crippen LogP contribution in [0.4, 0.5) is 0 Å². The molecule has 1 heterocycles. The van der Waals surface area contributed by atoms with Crippen molar-refractivity contribution in [2.75, 3.05) is 6.54 Å². The first-order chi connectivity index (χ1) is 8.71. The van der Waals surface area contributed by atoms with E-state index in [-0.39, 0.29) is 0 Å². The Hall–Kier alpha value is -0.820. The third kappa shape index (κ3) is 2.21. The molecule has 0 aromatic heterocycles. The Morgan fingerprint density at radius 3 is 2.67 bits per heavy atom. The van der Waals surface area contributed by atoms with Crippen LogP contribution >= 0.6 is 0 Å². The second-order valence-electron chi connectivity index (χ2n) is 6.64. The highest BCUT2D eigenvalue weighted by atomic mass is 15.0. The molecule has 2 fully saturated rings. The predicted octanol–water partition coefficient (Wildman–Crippen LogP) is 3.96. The number of hydrogen-bond donors (Lipinski definition) is 1. The standard InChI is InChI=1S/C17H25N/c1-13(2)12-17(9-6-10-18-17)16-11-15(16)14-7-4-3-5-8-14/h3-5,7-8,13,15-16,18H,6,9-12H2,1-2H3. The highest BCUT2D eigenvalue weighted by Crippen LogP contribution is 2.57. The minimum Gasteiger partial charge on any atom is -0.311 e. The van der Waals surface area contributed by atoms with Crippen LogP contribution in [0.2, 0.25) is 0 Å². The van der Waals surface area contributed by atoms with Crippen molar-refractivity contribution in [3.8, 4) is 0 Å². The van der Waals surface area contributed by atoms with Crippen LogP contribution < -0.4 is 5.32 Å². The molecule has 1 heteroatoms. The molecule has 0 radical (unpaired) electrons. The Kier molecular flexibility index (Phi) is 3.19. The Bertz CT molecular complexity index is 389. The van der Waals surface area contributed by atoms with Gasteiger partial charge in [0.1, 0.15) is 0 Å². The monoisotopic (exact) mass is 243 g/mol. The number of hydrogen-bond acceptors (Lipinski definition) is 1. The molecule has 3 atom stereocenters. The second kappa shape index (κ2) is 4.70. The minimum atomic E-state index is 0.453. The lowest BCUT2D eigenvalue weighted by Gasteiger charge is -2.32. The molecule has 1 saturated carbocycles. The molecule has 98 valence electrons. The summed E-state index contributed by atoms with van der Waals surface area (Å²) < 4.78 is 0. The van der Waals surface area contributed by atoms with Crippen LogP contribution in [-0.2, 0) is 0 Å². The van der Waals surface area contributed by atoms with E-state index >= 15 is 0 Å². The molecule has 1 saturated heterocycles. The zero-order valence-electron chi connectivity index (χ0n) is 11.7. The summed E-state index contributed by atoms with van der Waals surface area (Å²) in [7, 11) is 0. The molecule has 1 aromatic rings. The normalized spacial score (nSPS) is 35.1. The summed E-state index contributed by atoms with van der Waals surface area (Å²) in [6.45, 7) is 5.95. The maximum absolute atomic E-state index is 3.86. The summed E-state index contributed by atoms with van der Waals surface area (Å²) >= 11 is 0. The van der Waals surface area contributed by atoms with Gasteiger partial charge in [0, 0.05) is 5.54 Å². The van der Waals surface area contributed by atoms with E-state index < -0.39 is 0 Å². The fraction of sp³-hybridized carbons (Fsp3) is 0.647. The van der Waals surface area contributed by atoms with E-state index in [1.54, 1.807) is 5.56 Å². The van der Waals surface area contributed by atoms with Gasteiger partial charge in [-0.3, -0.25) is 0 Å². The zero-order valence-corrected chi connectivity index (χ0v) is 11.7. The highest BCUT2D eigenvalue weighted by Gasteiger charge is 2.53. The molecule has 0 bridgehead atoms. The first kappa shape index (κ1) is 12.2. The van der Waals surface area contributed by atoms with E-state index in [4.69, 9.17) is 0 Å². The van der Waals surface area contributed by atoms with Gasteiger partial charge in [0.2, 0.25) is 0 Å². The maximum Gasteiger partial charge on any atom is 0.0218 e. The summed E-state index contributed by atoms with van der Waals surface area (Å²) in [6, 6.07) is 11.1. The Morgan fingerprint density at radius 2 is 2.06 bits per heavy atom. The summed E-state index contributed by atoms with van der Waals surface area (Å²) in [5.74, 6) is 2.49. The van der Waals surface area contributed by atoms with Crippen molar-refractivity contribution in [3.63, 3.8) is 0 Å². The van der Waals surface area contributed by atoms with Crippen LogP contribution in [0.25, 0.3) is 0 Å². The van der Waals surface area contributed by atoms with Crippen LogP contribution in [0, 0.1) is 11.8 Å². The largest absolute Gasteiger partial charge is 0.311 e. The fourth-order valence-electron chi connectivity index (χ4n) is 4.07. The van der Waals surface area contributed by atoms with Gasteiger partial charge in [0.25, 0.3) is 0 Å². The second-order valence-corrected chi connectivity index (χ2v) is 6.64. The molecule has 3 unspecified atom stereocenters. The number of nitrogens with one attached hydrogen (secondary N) is 1. The van der Waals surface area contributed by atoms with Crippen molar-refractivity contribution in [3.05, 3.63) is 35.9 Å². The van der Waals surface area contributed by atoms with E-state index in [9.17, 15) is 0 Å². The van der Waals surface area contributed by atoms with E-state index in [0.29, 0.717) is 5.54 Å². The van der Waals surface area contributed by atoms with Crippen molar-refractivity contribution < 1.29 is 0 Å². The van der Waals surface area contributed by atoms with Gasteiger partial charge in [-0.25, -0.2) is 0 Å². The van der Waals surface area contributed by atoms with Gasteiger partial charge in [-0.05, 0) is 55.5 Å². The van der Waals surface area contributed by atoms with Gasteiger partial charge in [0.05, 0.1) is 0 Å². The molecule has 0 amide bonds. The smallest absolute Gasteiger partial charge is 0.0218 e. The molecule has 1 aliphatic carbocycles. The van der Waals surface area contributed by atoms with Crippen LogP contribution in [0.1, 0.15) is 51.0 Å². The lowest BCUT2D eigenvalue weighted by atomic mass is 9.81. The molecular formula is C17H25N. The third-order valence-corrected chi connectivity index (χ3v) is 4.78. The van der Waals surface area contributed by atoms with Gasteiger partial charge in [-0.2, -0.15) is 0 Å². The molecule has 0 spiro atoms. The Balaban J connectivity index is 1.75. The maximum atomic E-state index is 3.86. The van der Waals surface area contributed by atoms with Crippen LogP contribution in [0.15, 0.2) is 30.3 Å². The first-order valence-electron chi connectivity index (χ1n) is 7.51. The van der Waals surface area contributed by atoms with Crippen molar-refractivity contribution in [2.24, 2.45) is 11.8 Å². The van der Waals surface area contributed by atoms with Crippen LogP contribution in [0.3, 0.4) is 0 Å². The van der Waals surface area contributed by atoms with E-state index in [1.807, 2.05) is 0 Å². The number of rotatable bonds is 4. The molecule has 1 nitrogen and oxygen atoms in total.